The lowest BCUT2D eigenvalue weighted by atomic mass is 9.97. The van der Waals surface area contributed by atoms with E-state index < -0.39 is 5.60 Å². The van der Waals surface area contributed by atoms with E-state index in [0.717, 1.165) is 4.88 Å². The molecule has 0 bridgehead atoms. The second-order valence-corrected chi connectivity index (χ2v) is 8.42. The lowest BCUT2D eigenvalue weighted by molar-refractivity contribution is -0.151. The Morgan fingerprint density at radius 1 is 1.33 bits per heavy atom. The average molecular weight is 392 g/mol. The fourth-order valence-electron chi connectivity index (χ4n) is 2.77. The predicted octanol–water partition coefficient (Wildman–Crippen LogP) is 4.09. The summed E-state index contributed by atoms with van der Waals surface area (Å²) in [6, 6.07) is 3.85. The molecule has 0 aliphatic carbocycles. The van der Waals surface area contributed by atoms with Crippen molar-refractivity contribution in [1.29, 1.82) is 0 Å². The normalized spacial score (nSPS) is 15.6. The summed E-state index contributed by atoms with van der Waals surface area (Å²) in [5, 5.41) is 1.95. The Kier molecular flexibility index (Phi) is 5.84. The van der Waals surface area contributed by atoms with Gasteiger partial charge in [0, 0.05) is 13.1 Å². The molecule has 0 N–H and O–H groups in total. The summed E-state index contributed by atoms with van der Waals surface area (Å²) in [6.07, 6.45) is 2.31. The summed E-state index contributed by atoms with van der Waals surface area (Å²) in [5.41, 5.74) is 0.0600. The van der Waals surface area contributed by atoms with Gasteiger partial charge < -0.3 is 18.8 Å². The van der Waals surface area contributed by atoms with Crippen LogP contribution in [0.25, 0.3) is 10.8 Å². The minimum absolute atomic E-state index is 0.0833. The third-order valence-corrected chi connectivity index (χ3v) is 4.98. The largest absolute Gasteiger partial charge is 0.459 e. The fraction of sp³-hybridized carbons (Fsp3) is 0.526. The van der Waals surface area contributed by atoms with E-state index in [4.69, 9.17) is 13.9 Å². The van der Waals surface area contributed by atoms with E-state index in [1.807, 2.05) is 38.3 Å². The van der Waals surface area contributed by atoms with E-state index in [1.165, 1.54) is 17.6 Å². The summed E-state index contributed by atoms with van der Waals surface area (Å²) < 4.78 is 16.2. The van der Waals surface area contributed by atoms with Crippen LogP contribution in [0.15, 0.2) is 28.2 Å². The Labute approximate surface area is 162 Å². The number of hydrogen-bond acceptors (Lipinski definition) is 7. The Morgan fingerprint density at radius 3 is 2.70 bits per heavy atom. The van der Waals surface area contributed by atoms with Crippen molar-refractivity contribution in [1.82, 2.24) is 9.88 Å². The molecule has 27 heavy (non-hydrogen) atoms. The number of piperidine rings is 1. The Bertz CT molecular complexity index is 770. The lowest BCUT2D eigenvalue weighted by Crippen LogP contribution is -2.43. The molecule has 3 heterocycles. The first-order chi connectivity index (χ1) is 12.8. The molecule has 1 aliphatic heterocycles. The summed E-state index contributed by atoms with van der Waals surface area (Å²) in [5.74, 6) is 0.0496. The highest BCUT2D eigenvalue weighted by molar-refractivity contribution is 7.13. The van der Waals surface area contributed by atoms with E-state index >= 15 is 0 Å². The topological polar surface area (TPSA) is 81.9 Å². The van der Waals surface area contributed by atoms with Crippen LogP contribution in [-0.2, 0) is 20.9 Å². The molecule has 0 saturated carbocycles. The zero-order valence-electron chi connectivity index (χ0n) is 15.8. The van der Waals surface area contributed by atoms with Crippen LogP contribution < -0.4 is 0 Å². The van der Waals surface area contributed by atoms with Crippen LogP contribution in [0.4, 0.5) is 4.79 Å². The van der Waals surface area contributed by atoms with Crippen molar-refractivity contribution in [3.05, 3.63) is 29.5 Å². The molecule has 0 spiro atoms. The van der Waals surface area contributed by atoms with Crippen LogP contribution in [0, 0.1) is 5.92 Å². The number of thiophene rings is 1. The van der Waals surface area contributed by atoms with Crippen molar-refractivity contribution in [2.45, 2.75) is 45.8 Å². The molecular weight excluding hydrogens is 368 g/mol. The highest BCUT2D eigenvalue weighted by atomic mass is 32.1. The van der Waals surface area contributed by atoms with Gasteiger partial charge in [0.15, 0.2) is 0 Å². The Balaban J connectivity index is 1.44. The van der Waals surface area contributed by atoms with Crippen molar-refractivity contribution in [3.63, 3.8) is 0 Å². The smallest absolute Gasteiger partial charge is 0.410 e. The van der Waals surface area contributed by atoms with Crippen LogP contribution >= 0.6 is 11.3 Å². The van der Waals surface area contributed by atoms with E-state index in [2.05, 4.69) is 4.98 Å². The van der Waals surface area contributed by atoms with Crippen LogP contribution in [0.2, 0.25) is 0 Å². The molecule has 2 aromatic rings. The SMILES string of the molecule is CC(C)(C)OC(=O)N1CCC(C(=O)OCc2coc(-c3cccs3)n2)CC1. The molecule has 0 aromatic carbocycles. The lowest BCUT2D eigenvalue weighted by Gasteiger charge is -2.32. The molecule has 0 atom stereocenters. The van der Waals surface area contributed by atoms with E-state index in [9.17, 15) is 9.59 Å². The van der Waals surface area contributed by atoms with Gasteiger partial charge in [-0.2, -0.15) is 0 Å². The number of nitrogens with zero attached hydrogens (tertiary/aromatic N) is 2. The number of ether oxygens (including phenoxy) is 2. The van der Waals surface area contributed by atoms with Crippen LogP contribution in [0.1, 0.15) is 39.3 Å². The standard InChI is InChI=1S/C19H24N2O5S/c1-19(2,3)26-18(23)21-8-6-13(7-9-21)17(22)25-12-14-11-24-16(20-14)15-5-4-10-27-15/h4-5,10-11,13H,6-9,12H2,1-3H3. The summed E-state index contributed by atoms with van der Waals surface area (Å²) in [4.78, 5) is 31.3. The number of likely N-dealkylation sites (tertiary alicyclic amines) is 1. The van der Waals surface area contributed by atoms with E-state index in [1.54, 1.807) is 4.90 Å². The van der Waals surface area contributed by atoms with Crippen molar-refractivity contribution in [3.8, 4) is 10.8 Å². The monoisotopic (exact) mass is 392 g/mol. The minimum atomic E-state index is -0.521. The number of amides is 1. The molecule has 7 nitrogen and oxygen atoms in total. The van der Waals surface area contributed by atoms with Gasteiger partial charge in [0.1, 0.15) is 24.2 Å². The third-order valence-electron chi connectivity index (χ3n) is 4.13. The van der Waals surface area contributed by atoms with E-state index in [0.29, 0.717) is 37.5 Å². The number of rotatable bonds is 4. The van der Waals surface area contributed by atoms with Gasteiger partial charge in [-0.05, 0) is 45.1 Å². The number of oxazole rings is 1. The van der Waals surface area contributed by atoms with Gasteiger partial charge in [0.2, 0.25) is 5.89 Å². The van der Waals surface area contributed by atoms with Gasteiger partial charge in [-0.3, -0.25) is 4.79 Å². The Morgan fingerprint density at radius 2 is 2.07 bits per heavy atom. The zero-order chi connectivity index (χ0) is 19.4. The molecule has 1 fully saturated rings. The number of esters is 1. The van der Waals surface area contributed by atoms with Crippen LogP contribution in [0.5, 0.6) is 0 Å². The second kappa shape index (κ2) is 8.12. The minimum Gasteiger partial charge on any atom is -0.459 e. The molecule has 8 heteroatoms. The molecule has 0 radical (unpaired) electrons. The van der Waals surface area contributed by atoms with Gasteiger partial charge in [0.25, 0.3) is 0 Å². The third kappa shape index (κ3) is 5.32. The maximum Gasteiger partial charge on any atom is 0.410 e. The van der Waals surface area contributed by atoms with Crippen molar-refractivity contribution in [2.24, 2.45) is 5.92 Å². The quantitative estimate of drug-likeness (QED) is 0.729. The van der Waals surface area contributed by atoms with Crippen LogP contribution in [-0.4, -0.2) is 40.6 Å². The maximum absolute atomic E-state index is 12.3. The molecular formula is C19H24N2O5S. The number of hydrogen-bond donors (Lipinski definition) is 0. The predicted molar refractivity (Wildman–Crippen MR) is 100 cm³/mol. The van der Waals surface area contributed by atoms with Gasteiger partial charge in [-0.1, -0.05) is 6.07 Å². The van der Waals surface area contributed by atoms with Crippen molar-refractivity contribution >= 4 is 23.4 Å². The highest BCUT2D eigenvalue weighted by Gasteiger charge is 2.30. The first kappa shape index (κ1) is 19.4. The molecule has 1 amide bonds. The molecule has 1 saturated heterocycles. The van der Waals surface area contributed by atoms with E-state index in [-0.39, 0.29) is 24.6 Å². The number of carbonyl (C=O) groups is 2. The van der Waals surface area contributed by atoms with Gasteiger partial charge in [-0.15, -0.1) is 11.3 Å². The fourth-order valence-corrected chi connectivity index (χ4v) is 3.43. The highest BCUT2D eigenvalue weighted by Crippen LogP contribution is 2.25. The van der Waals surface area contributed by atoms with Crippen LogP contribution in [0.3, 0.4) is 0 Å². The van der Waals surface area contributed by atoms with Gasteiger partial charge in [0.05, 0.1) is 10.8 Å². The summed E-state index contributed by atoms with van der Waals surface area (Å²) in [6.45, 7) is 6.57. The maximum atomic E-state index is 12.3. The molecule has 1 aliphatic rings. The summed E-state index contributed by atoms with van der Waals surface area (Å²) in [7, 11) is 0. The molecule has 2 aromatic heterocycles. The van der Waals surface area contributed by atoms with Crippen molar-refractivity contribution < 1.29 is 23.5 Å². The molecule has 146 valence electrons. The molecule has 0 unspecified atom stereocenters. The second-order valence-electron chi connectivity index (χ2n) is 7.47. The van der Waals surface area contributed by atoms with Gasteiger partial charge in [-0.25, -0.2) is 9.78 Å². The first-order valence-electron chi connectivity index (χ1n) is 8.94. The number of aromatic nitrogens is 1. The number of carbonyl (C=O) groups excluding carboxylic acids is 2. The Hall–Kier alpha value is -2.35. The average Bonchev–Trinajstić information content (AvgIpc) is 3.29. The van der Waals surface area contributed by atoms with Gasteiger partial charge >= 0.3 is 12.1 Å². The van der Waals surface area contributed by atoms with Crippen molar-refractivity contribution in [2.75, 3.05) is 13.1 Å². The zero-order valence-corrected chi connectivity index (χ0v) is 16.6. The first-order valence-corrected chi connectivity index (χ1v) is 9.82. The molecule has 3 rings (SSSR count). The summed E-state index contributed by atoms with van der Waals surface area (Å²) >= 11 is 1.54.